The fourth-order valence-corrected chi connectivity index (χ4v) is 3.92. The second-order valence-electron chi connectivity index (χ2n) is 7.07. The average molecular weight is 327 g/mol. The van der Waals surface area contributed by atoms with Gasteiger partial charge >= 0.3 is 0 Å². The molecule has 0 bridgehead atoms. The molecule has 1 saturated carbocycles. The van der Waals surface area contributed by atoms with E-state index in [4.69, 9.17) is 5.73 Å². The SMILES string of the molecule is N[C@H]1CC[C@H](C(=O)N2CCN(Cc3cn4ccccc4n3)CC2)C1. The van der Waals surface area contributed by atoms with Crippen molar-refractivity contribution in [2.45, 2.75) is 31.8 Å². The average Bonchev–Trinajstić information content (AvgIpc) is 3.20. The van der Waals surface area contributed by atoms with Crippen molar-refractivity contribution in [2.24, 2.45) is 11.7 Å². The number of hydrogen-bond acceptors (Lipinski definition) is 4. The maximum absolute atomic E-state index is 12.6. The van der Waals surface area contributed by atoms with Crippen molar-refractivity contribution >= 4 is 11.6 Å². The summed E-state index contributed by atoms with van der Waals surface area (Å²) in [5.74, 6) is 0.473. The first-order valence-corrected chi connectivity index (χ1v) is 8.88. The van der Waals surface area contributed by atoms with Crippen LogP contribution in [0.2, 0.25) is 0 Å². The van der Waals surface area contributed by atoms with E-state index in [0.29, 0.717) is 5.91 Å². The molecule has 1 amide bonds. The Hall–Kier alpha value is -1.92. The van der Waals surface area contributed by atoms with E-state index in [1.165, 1.54) is 0 Å². The highest BCUT2D eigenvalue weighted by molar-refractivity contribution is 5.79. The van der Waals surface area contributed by atoms with E-state index in [1.807, 2.05) is 29.3 Å². The molecule has 0 unspecified atom stereocenters. The van der Waals surface area contributed by atoms with Gasteiger partial charge in [-0.3, -0.25) is 9.69 Å². The molecular weight excluding hydrogens is 302 g/mol. The number of imidazole rings is 1. The third-order valence-electron chi connectivity index (χ3n) is 5.31. The van der Waals surface area contributed by atoms with Gasteiger partial charge in [0.25, 0.3) is 0 Å². The Morgan fingerprint density at radius 1 is 1.21 bits per heavy atom. The number of fused-ring (bicyclic) bond motifs is 1. The van der Waals surface area contributed by atoms with Gasteiger partial charge in [-0.2, -0.15) is 0 Å². The molecule has 1 aliphatic carbocycles. The van der Waals surface area contributed by atoms with E-state index in [0.717, 1.165) is 63.3 Å². The second-order valence-corrected chi connectivity index (χ2v) is 7.07. The number of aromatic nitrogens is 2. The fourth-order valence-electron chi connectivity index (χ4n) is 3.92. The monoisotopic (exact) mass is 327 g/mol. The highest BCUT2D eigenvalue weighted by Gasteiger charge is 2.32. The second kappa shape index (κ2) is 6.53. The lowest BCUT2D eigenvalue weighted by atomic mass is 10.1. The Kier molecular flexibility index (Phi) is 4.24. The van der Waals surface area contributed by atoms with Gasteiger partial charge in [-0.1, -0.05) is 6.07 Å². The van der Waals surface area contributed by atoms with Crippen LogP contribution in [-0.2, 0) is 11.3 Å². The quantitative estimate of drug-likeness (QED) is 0.917. The van der Waals surface area contributed by atoms with E-state index in [-0.39, 0.29) is 12.0 Å². The number of amides is 1. The topological polar surface area (TPSA) is 66.9 Å². The zero-order valence-electron chi connectivity index (χ0n) is 14.0. The van der Waals surface area contributed by atoms with Crippen LogP contribution in [0.5, 0.6) is 0 Å². The van der Waals surface area contributed by atoms with Crippen molar-refractivity contribution in [1.82, 2.24) is 19.2 Å². The normalized spacial score (nSPS) is 25.5. The van der Waals surface area contributed by atoms with Crippen LogP contribution in [0, 0.1) is 5.92 Å². The molecule has 6 nitrogen and oxygen atoms in total. The molecule has 6 heteroatoms. The van der Waals surface area contributed by atoms with Gasteiger partial charge in [-0.15, -0.1) is 0 Å². The van der Waals surface area contributed by atoms with Crippen LogP contribution in [0.3, 0.4) is 0 Å². The van der Waals surface area contributed by atoms with Crippen LogP contribution in [0.1, 0.15) is 25.0 Å². The molecule has 2 atom stereocenters. The van der Waals surface area contributed by atoms with Crippen LogP contribution in [0.15, 0.2) is 30.6 Å². The number of nitrogens with zero attached hydrogens (tertiary/aromatic N) is 4. The van der Waals surface area contributed by atoms with Crippen LogP contribution in [0.4, 0.5) is 0 Å². The molecule has 1 saturated heterocycles. The molecule has 2 N–H and O–H groups in total. The predicted molar refractivity (Wildman–Crippen MR) is 92.4 cm³/mol. The van der Waals surface area contributed by atoms with Gasteiger partial charge in [0.1, 0.15) is 5.65 Å². The summed E-state index contributed by atoms with van der Waals surface area (Å²) < 4.78 is 2.05. The van der Waals surface area contributed by atoms with Gasteiger partial charge in [0.15, 0.2) is 0 Å². The fraction of sp³-hybridized carbons (Fsp3) is 0.556. The van der Waals surface area contributed by atoms with Crippen LogP contribution >= 0.6 is 0 Å². The van der Waals surface area contributed by atoms with Crippen molar-refractivity contribution in [3.63, 3.8) is 0 Å². The molecule has 128 valence electrons. The standard InChI is InChI=1S/C18H25N5O/c19-15-5-4-14(11-15)18(24)22-9-7-21(8-10-22)12-16-13-23-6-2-1-3-17(23)20-16/h1-3,6,13-15H,4-5,7-12,19H2/t14-,15-/m0/s1. The molecule has 1 aliphatic heterocycles. The Morgan fingerprint density at radius 3 is 2.75 bits per heavy atom. The van der Waals surface area contributed by atoms with Gasteiger partial charge in [0, 0.05) is 57.1 Å². The minimum atomic E-state index is 0.157. The van der Waals surface area contributed by atoms with Crippen molar-refractivity contribution in [2.75, 3.05) is 26.2 Å². The summed E-state index contributed by atoms with van der Waals surface area (Å²) in [6, 6.07) is 6.26. The first-order chi connectivity index (χ1) is 11.7. The molecule has 2 fully saturated rings. The molecular formula is C18H25N5O. The summed E-state index contributed by atoms with van der Waals surface area (Å²) in [4.78, 5) is 21.6. The Balaban J connectivity index is 1.32. The first kappa shape index (κ1) is 15.6. The molecule has 0 radical (unpaired) electrons. The van der Waals surface area contributed by atoms with Gasteiger partial charge in [-0.25, -0.2) is 4.98 Å². The molecule has 2 aromatic rings. The molecule has 2 aromatic heterocycles. The number of carbonyl (C=O) groups is 1. The summed E-state index contributed by atoms with van der Waals surface area (Å²) >= 11 is 0. The third kappa shape index (κ3) is 3.16. The number of carbonyl (C=O) groups excluding carboxylic acids is 1. The van der Waals surface area contributed by atoms with Crippen LogP contribution in [-0.4, -0.2) is 57.3 Å². The van der Waals surface area contributed by atoms with E-state index in [1.54, 1.807) is 0 Å². The smallest absolute Gasteiger partial charge is 0.225 e. The highest BCUT2D eigenvalue weighted by Crippen LogP contribution is 2.26. The molecule has 4 rings (SSSR count). The number of hydrogen-bond donors (Lipinski definition) is 1. The summed E-state index contributed by atoms with van der Waals surface area (Å²) in [6.45, 7) is 4.31. The highest BCUT2D eigenvalue weighted by atomic mass is 16.2. The van der Waals surface area contributed by atoms with Crippen molar-refractivity contribution in [1.29, 1.82) is 0 Å². The van der Waals surface area contributed by atoms with E-state index < -0.39 is 0 Å². The van der Waals surface area contributed by atoms with Gasteiger partial charge in [0.2, 0.25) is 5.91 Å². The lowest BCUT2D eigenvalue weighted by Crippen LogP contribution is -2.49. The zero-order valence-corrected chi connectivity index (χ0v) is 14.0. The summed E-state index contributed by atoms with van der Waals surface area (Å²) in [7, 11) is 0. The summed E-state index contributed by atoms with van der Waals surface area (Å²) in [6.07, 6.45) is 6.92. The lowest BCUT2D eigenvalue weighted by molar-refractivity contribution is -0.137. The van der Waals surface area contributed by atoms with Gasteiger partial charge in [0.05, 0.1) is 5.69 Å². The predicted octanol–water partition coefficient (Wildman–Crippen LogP) is 1.11. The Labute approximate surface area is 142 Å². The summed E-state index contributed by atoms with van der Waals surface area (Å²) in [5.41, 5.74) is 8.02. The van der Waals surface area contributed by atoms with Crippen LogP contribution < -0.4 is 5.73 Å². The Bertz CT molecular complexity index is 686. The van der Waals surface area contributed by atoms with E-state index >= 15 is 0 Å². The van der Waals surface area contributed by atoms with Crippen molar-refractivity contribution < 1.29 is 4.79 Å². The first-order valence-electron chi connectivity index (χ1n) is 8.88. The molecule has 0 spiro atoms. The van der Waals surface area contributed by atoms with Crippen molar-refractivity contribution in [3.05, 3.63) is 36.3 Å². The maximum Gasteiger partial charge on any atom is 0.225 e. The summed E-state index contributed by atoms with van der Waals surface area (Å²) in [5, 5.41) is 0. The number of piperazine rings is 1. The van der Waals surface area contributed by atoms with Crippen LogP contribution in [0.25, 0.3) is 5.65 Å². The number of pyridine rings is 1. The number of rotatable bonds is 3. The number of nitrogens with two attached hydrogens (primary N) is 1. The van der Waals surface area contributed by atoms with Gasteiger partial charge < -0.3 is 15.0 Å². The maximum atomic E-state index is 12.6. The van der Waals surface area contributed by atoms with Gasteiger partial charge in [-0.05, 0) is 31.4 Å². The van der Waals surface area contributed by atoms with E-state index in [9.17, 15) is 4.79 Å². The van der Waals surface area contributed by atoms with E-state index in [2.05, 4.69) is 20.5 Å². The zero-order chi connectivity index (χ0) is 16.5. The Morgan fingerprint density at radius 2 is 2.04 bits per heavy atom. The minimum absolute atomic E-state index is 0.157. The molecule has 24 heavy (non-hydrogen) atoms. The molecule has 2 aliphatic rings. The molecule has 0 aromatic carbocycles. The third-order valence-corrected chi connectivity index (χ3v) is 5.31. The van der Waals surface area contributed by atoms with Crippen molar-refractivity contribution in [3.8, 4) is 0 Å². The largest absolute Gasteiger partial charge is 0.340 e. The minimum Gasteiger partial charge on any atom is -0.340 e. The molecule has 3 heterocycles. The lowest BCUT2D eigenvalue weighted by Gasteiger charge is -2.35.